The molecule has 4 heteroatoms. The second-order valence-corrected chi connectivity index (χ2v) is 15.5. The molecule has 0 spiro atoms. The van der Waals surface area contributed by atoms with Gasteiger partial charge in [0.25, 0.3) is 0 Å². The molecular weight excluding hydrogens is 411 g/mol. The van der Waals surface area contributed by atoms with Gasteiger partial charge in [0.2, 0.25) is 11.7 Å². The summed E-state index contributed by atoms with van der Waals surface area (Å²) in [7, 11) is 0.221. The fourth-order valence-corrected chi connectivity index (χ4v) is 7.43. The van der Waals surface area contributed by atoms with E-state index in [1.807, 2.05) is 11.6 Å². The molecule has 0 saturated carbocycles. The Bertz CT molecular complexity index is 1750. The van der Waals surface area contributed by atoms with Crippen LogP contribution in [0.2, 0.25) is 19.6 Å². The van der Waals surface area contributed by atoms with Gasteiger partial charge >= 0.3 is 0 Å². The van der Waals surface area contributed by atoms with Gasteiger partial charge in [0, 0.05) is 16.2 Å². The molecule has 160 valence electrons. The number of para-hydroxylation sites is 1. The number of benzene rings is 3. The Morgan fingerprint density at radius 3 is 2.28 bits per heavy atom. The van der Waals surface area contributed by atoms with Gasteiger partial charge in [-0.15, -0.1) is 0 Å². The molecule has 0 aliphatic heterocycles. The summed E-state index contributed by atoms with van der Waals surface area (Å²) in [5.74, 6) is -0.144. The van der Waals surface area contributed by atoms with Crippen molar-refractivity contribution < 1.29 is 8.96 Å². The van der Waals surface area contributed by atoms with Crippen LogP contribution < -0.4 is 9.75 Å². The number of fused-ring (bicyclic) bond motifs is 6. The standard InChI is InChI=1S/C28H28FN2Si/c1-15-12-16(2)26-23(17(15)3)27-25-19(20(29)14-30(27)4)13-22(32(5,6)7)24-18-10-8-9-11-21(18)31(26)28(24)25/h8-14H,1-7H3/q+1. The normalized spacial score (nSPS) is 13.0. The molecule has 0 saturated heterocycles. The van der Waals surface area contributed by atoms with Gasteiger partial charge < -0.3 is 4.40 Å². The third-order valence-electron chi connectivity index (χ3n) is 7.37. The van der Waals surface area contributed by atoms with Crippen LogP contribution >= 0.6 is 0 Å². The van der Waals surface area contributed by atoms with Crippen molar-refractivity contribution in [1.82, 2.24) is 4.40 Å². The second-order valence-electron chi connectivity index (χ2n) is 10.5. The first-order valence-corrected chi connectivity index (χ1v) is 14.8. The van der Waals surface area contributed by atoms with Crippen molar-refractivity contribution in [1.29, 1.82) is 0 Å². The maximum absolute atomic E-state index is 15.6. The van der Waals surface area contributed by atoms with E-state index in [-0.39, 0.29) is 5.82 Å². The summed E-state index contributed by atoms with van der Waals surface area (Å²) in [6.07, 6.45) is 1.66. The minimum absolute atomic E-state index is 0.144. The number of rotatable bonds is 1. The lowest BCUT2D eigenvalue weighted by atomic mass is 9.95. The van der Waals surface area contributed by atoms with Gasteiger partial charge in [0.05, 0.1) is 35.4 Å². The van der Waals surface area contributed by atoms with Gasteiger partial charge in [-0.2, -0.15) is 8.96 Å². The molecule has 0 fully saturated rings. The van der Waals surface area contributed by atoms with Crippen molar-refractivity contribution >= 4 is 62.3 Å². The third-order valence-corrected chi connectivity index (χ3v) is 9.38. The molecular formula is C28H28FN2Si+. The molecule has 0 N–H and O–H groups in total. The van der Waals surface area contributed by atoms with Gasteiger partial charge in [-0.05, 0) is 48.7 Å². The van der Waals surface area contributed by atoms with Crippen molar-refractivity contribution in [2.24, 2.45) is 7.05 Å². The monoisotopic (exact) mass is 439 g/mol. The number of aromatic nitrogens is 2. The Kier molecular flexibility index (Phi) is 3.74. The SMILES string of the molecule is Cc1cc(C)c2c(c1C)c1c3c(cc([Si](C)(C)C)c4c5ccccc5n2c43)c(F)c[n+]1C. The quantitative estimate of drug-likeness (QED) is 0.121. The number of nitrogens with zero attached hydrogens (tertiary/aromatic N) is 2. The highest BCUT2D eigenvalue weighted by Crippen LogP contribution is 2.42. The van der Waals surface area contributed by atoms with Crippen molar-refractivity contribution in [3.63, 3.8) is 0 Å². The van der Waals surface area contributed by atoms with E-state index in [1.165, 1.54) is 54.6 Å². The molecule has 0 aliphatic rings. The van der Waals surface area contributed by atoms with Crippen molar-refractivity contribution in [2.75, 3.05) is 0 Å². The van der Waals surface area contributed by atoms with E-state index in [4.69, 9.17) is 0 Å². The second kappa shape index (κ2) is 6.08. The Hall–Kier alpha value is -2.98. The molecule has 0 aliphatic carbocycles. The summed E-state index contributed by atoms with van der Waals surface area (Å²) in [6.45, 7) is 13.7. The number of pyridine rings is 2. The zero-order valence-corrected chi connectivity index (χ0v) is 20.8. The minimum atomic E-state index is -1.76. The maximum atomic E-state index is 15.6. The summed E-state index contributed by atoms with van der Waals surface area (Å²) in [6, 6.07) is 13.2. The molecule has 3 aromatic heterocycles. The van der Waals surface area contributed by atoms with Crippen LogP contribution in [-0.2, 0) is 7.05 Å². The smallest absolute Gasteiger partial charge is 0.224 e. The van der Waals surface area contributed by atoms with Crippen LogP contribution in [0.5, 0.6) is 0 Å². The highest BCUT2D eigenvalue weighted by molar-refractivity contribution is 6.91. The minimum Gasteiger partial charge on any atom is -0.307 e. The van der Waals surface area contributed by atoms with Gasteiger partial charge in [-0.3, -0.25) is 0 Å². The van der Waals surface area contributed by atoms with E-state index in [9.17, 15) is 0 Å². The molecule has 0 radical (unpaired) electrons. The summed E-state index contributed by atoms with van der Waals surface area (Å²) in [4.78, 5) is 0. The Labute approximate surface area is 188 Å². The molecule has 2 nitrogen and oxygen atoms in total. The van der Waals surface area contributed by atoms with Crippen LogP contribution in [0.25, 0.3) is 49.0 Å². The summed E-state index contributed by atoms with van der Waals surface area (Å²) in [5.41, 5.74) is 8.54. The van der Waals surface area contributed by atoms with Crippen molar-refractivity contribution in [3.8, 4) is 0 Å². The molecule has 3 aromatic carbocycles. The highest BCUT2D eigenvalue weighted by Gasteiger charge is 2.31. The van der Waals surface area contributed by atoms with Crippen LogP contribution in [0, 0.1) is 26.6 Å². The average Bonchev–Trinajstić information content (AvgIpc) is 3.06. The first kappa shape index (κ1) is 19.7. The zero-order chi connectivity index (χ0) is 22.7. The van der Waals surface area contributed by atoms with Gasteiger partial charge in [0.1, 0.15) is 7.05 Å². The first-order valence-electron chi connectivity index (χ1n) is 11.3. The van der Waals surface area contributed by atoms with Crippen LogP contribution in [-0.4, -0.2) is 12.5 Å². The van der Waals surface area contributed by atoms with Gasteiger partial charge in [0.15, 0.2) is 5.82 Å². The van der Waals surface area contributed by atoms with Crippen LogP contribution in [0.4, 0.5) is 4.39 Å². The summed E-state index contributed by atoms with van der Waals surface area (Å²) >= 11 is 0. The zero-order valence-electron chi connectivity index (χ0n) is 19.8. The number of halogens is 1. The molecule has 0 unspecified atom stereocenters. The van der Waals surface area contributed by atoms with Gasteiger partial charge in [-0.1, -0.05) is 50.0 Å². The van der Waals surface area contributed by atoms with E-state index < -0.39 is 8.07 Å². The molecule has 0 bridgehead atoms. The lowest BCUT2D eigenvalue weighted by Gasteiger charge is -2.21. The molecule has 0 atom stereocenters. The predicted octanol–water partition coefficient (Wildman–Crippen LogP) is 6.42. The molecule has 6 aromatic rings. The summed E-state index contributed by atoms with van der Waals surface area (Å²) in [5, 5.41) is 6.93. The van der Waals surface area contributed by atoms with Crippen LogP contribution in [0.15, 0.2) is 42.6 Å². The molecule has 32 heavy (non-hydrogen) atoms. The van der Waals surface area contributed by atoms with Crippen molar-refractivity contribution in [3.05, 3.63) is 65.1 Å². The first-order chi connectivity index (χ1) is 15.1. The maximum Gasteiger partial charge on any atom is 0.224 e. The molecule has 3 heterocycles. The van der Waals surface area contributed by atoms with Crippen molar-refractivity contribution in [2.45, 2.75) is 40.4 Å². The lowest BCUT2D eigenvalue weighted by molar-refractivity contribution is -0.645. The number of hydrogen-bond donors (Lipinski definition) is 0. The topological polar surface area (TPSA) is 8.29 Å². The highest BCUT2D eigenvalue weighted by atomic mass is 28.3. The lowest BCUT2D eigenvalue weighted by Crippen LogP contribution is -2.38. The Morgan fingerprint density at radius 2 is 1.56 bits per heavy atom. The number of hydrogen-bond acceptors (Lipinski definition) is 0. The van der Waals surface area contributed by atoms with E-state index in [0.29, 0.717) is 0 Å². The third kappa shape index (κ3) is 2.26. The molecule has 6 rings (SSSR count). The molecule has 0 amide bonds. The van der Waals surface area contributed by atoms with Crippen LogP contribution in [0.1, 0.15) is 16.7 Å². The fraction of sp³-hybridized carbons (Fsp3) is 0.250. The Morgan fingerprint density at radius 1 is 0.844 bits per heavy atom. The fourth-order valence-electron chi connectivity index (χ4n) is 5.85. The van der Waals surface area contributed by atoms with Gasteiger partial charge in [-0.25, -0.2) is 0 Å². The number of aryl methyl sites for hydroxylation is 4. The largest absolute Gasteiger partial charge is 0.307 e. The van der Waals surface area contributed by atoms with E-state index >= 15 is 4.39 Å². The van der Waals surface area contributed by atoms with E-state index in [2.05, 4.69) is 81.2 Å². The Balaban J connectivity index is 2.16. The van der Waals surface area contributed by atoms with Crippen LogP contribution in [0.3, 0.4) is 0 Å². The van der Waals surface area contributed by atoms with E-state index in [1.54, 1.807) is 6.20 Å². The average molecular weight is 440 g/mol. The van der Waals surface area contributed by atoms with E-state index in [0.717, 1.165) is 16.3 Å². The summed E-state index contributed by atoms with van der Waals surface area (Å²) < 4.78 is 20.0. The predicted molar refractivity (Wildman–Crippen MR) is 137 cm³/mol.